The summed E-state index contributed by atoms with van der Waals surface area (Å²) in [5.41, 5.74) is 0. The lowest BCUT2D eigenvalue weighted by atomic mass is 10.1. The Hall–Kier alpha value is 0.310. The molecule has 0 aliphatic heterocycles. The van der Waals surface area contributed by atoms with Crippen LogP contribution in [0.3, 0.4) is 0 Å². The summed E-state index contributed by atoms with van der Waals surface area (Å²) in [7, 11) is 2.02. The van der Waals surface area contributed by atoms with Crippen molar-refractivity contribution in [1.82, 2.24) is 5.32 Å². The zero-order valence-corrected chi connectivity index (χ0v) is 7.71. The first-order valence-electron chi connectivity index (χ1n) is 4.11. The lowest BCUT2D eigenvalue weighted by Crippen LogP contribution is -2.12. The Morgan fingerprint density at radius 2 is 2.30 bits per heavy atom. The van der Waals surface area contributed by atoms with Crippen LogP contribution in [0.1, 0.15) is 26.2 Å². The van der Waals surface area contributed by atoms with E-state index in [-0.39, 0.29) is 0 Å². The minimum Gasteiger partial charge on any atom is -0.311 e. The topological polar surface area (TPSA) is 12.0 Å². The molecular weight excluding hydrogens is 142 g/mol. The first kappa shape index (κ1) is 8.41. The largest absolute Gasteiger partial charge is 0.311 e. The van der Waals surface area contributed by atoms with Gasteiger partial charge in [0.25, 0.3) is 0 Å². The van der Waals surface area contributed by atoms with E-state index in [0.29, 0.717) is 0 Å². The first-order chi connectivity index (χ1) is 4.84. The molecule has 0 heterocycles. The Morgan fingerprint density at radius 1 is 1.50 bits per heavy atom. The minimum absolute atomic E-state index is 0.937. The molecule has 2 heteroatoms. The molecule has 60 valence electrons. The van der Waals surface area contributed by atoms with E-state index in [0.717, 1.165) is 17.0 Å². The number of hydrogen-bond acceptors (Lipinski definition) is 2. The van der Waals surface area contributed by atoms with Gasteiger partial charge >= 0.3 is 0 Å². The third kappa shape index (κ3) is 2.17. The SMILES string of the molecule is CNCSC1CCC[C@@H]1C. The van der Waals surface area contributed by atoms with E-state index in [1.807, 2.05) is 7.05 Å². The fourth-order valence-electron chi connectivity index (χ4n) is 1.55. The van der Waals surface area contributed by atoms with Gasteiger partial charge in [-0.3, -0.25) is 0 Å². The summed E-state index contributed by atoms with van der Waals surface area (Å²) in [5, 5.41) is 4.12. The molecule has 1 aliphatic rings. The molecule has 10 heavy (non-hydrogen) atoms. The molecule has 1 unspecified atom stereocenters. The summed E-state index contributed by atoms with van der Waals surface area (Å²) < 4.78 is 0. The number of nitrogens with one attached hydrogen (secondary N) is 1. The van der Waals surface area contributed by atoms with Crippen LogP contribution in [0.5, 0.6) is 0 Å². The van der Waals surface area contributed by atoms with Gasteiger partial charge in [-0.25, -0.2) is 0 Å². The van der Waals surface area contributed by atoms with Crippen LogP contribution >= 0.6 is 11.8 Å². The number of hydrogen-bond donors (Lipinski definition) is 1. The Labute approximate surface area is 68.0 Å². The van der Waals surface area contributed by atoms with E-state index >= 15 is 0 Å². The zero-order chi connectivity index (χ0) is 7.40. The highest BCUT2D eigenvalue weighted by Crippen LogP contribution is 2.33. The maximum absolute atomic E-state index is 3.18. The third-order valence-electron chi connectivity index (χ3n) is 2.22. The standard InChI is InChI=1S/C8H17NS/c1-7-4-3-5-8(7)10-6-9-2/h7-9H,3-6H2,1-2H3/t7-,8?/m0/s1. The van der Waals surface area contributed by atoms with E-state index in [4.69, 9.17) is 0 Å². The second-order valence-corrected chi connectivity index (χ2v) is 4.34. The smallest absolute Gasteiger partial charge is 0.0418 e. The number of rotatable bonds is 3. The van der Waals surface area contributed by atoms with Crippen LogP contribution in [0, 0.1) is 5.92 Å². The molecule has 0 aromatic carbocycles. The lowest BCUT2D eigenvalue weighted by molar-refractivity contribution is 0.624. The molecule has 1 saturated carbocycles. The maximum atomic E-state index is 3.18. The highest BCUT2D eigenvalue weighted by Gasteiger charge is 2.22. The summed E-state index contributed by atoms with van der Waals surface area (Å²) in [6.07, 6.45) is 4.33. The molecule has 1 nitrogen and oxygen atoms in total. The highest BCUT2D eigenvalue weighted by atomic mass is 32.2. The minimum atomic E-state index is 0.937. The fourth-order valence-corrected chi connectivity index (χ4v) is 2.73. The Bertz CT molecular complexity index is 95.3. The summed E-state index contributed by atoms with van der Waals surface area (Å²) in [4.78, 5) is 0. The van der Waals surface area contributed by atoms with Gasteiger partial charge in [0.15, 0.2) is 0 Å². The van der Waals surface area contributed by atoms with Crippen molar-refractivity contribution in [2.24, 2.45) is 5.92 Å². The maximum Gasteiger partial charge on any atom is 0.0418 e. The normalized spacial score (nSPS) is 33.0. The van der Waals surface area contributed by atoms with Crippen LogP contribution in [0.2, 0.25) is 0 Å². The van der Waals surface area contributed by atoms with E-state index in [2.05, 4.69) is 24.0 Å². The molecule has 0 aromatic heterocycles. The molecule has 1 aliphatic carbocycles. The van der Waals surface area contributed by atoms with E-state index in [1.165, 1.54) is 19.3 Å². The van der Waals surface area contributed by atoms with Crippen molar-refractivity contribution in [3.05, 3.63) is 0 Å². The van der Waals surface area contributed by atoms with Crippen LogP contribution in [0.25, 0.3) is 0 Å². The number of thioether (sulfide) groups is 1. The van der Waals surface area contributed by atoms with Crippen molar-refractivity contribution >= 4 is 11.8 Å². The highest BCUT2D eigenvalue weighted by molar-refractivity contribution is 7.99. The molecule has 0 spiro atoms. The van der Waals surface area contributed by atoms with Crippen LogP contribution in [0.15, 0.2) is 0 Å². The molecule has 0 aromatic rings. The Morgan fingerprint density at radius 3 is 2.80 bits per heavy atom. The Kier molecular flexibility index (Phi) is 3.57. The van der Waals surface area contributed by atoms with Crippen molar-refractivity contribution in [3.8, 4) is 0 Å². The fraction of sp³-hybridized carbons (Fsp3) is 1.00. The van der Waals surface area contributed by atoms with Crippen molar-refractivity contribution in [2.45, 2.75) is 31.4 Å². The quantitative estimate of drug-likeness (QED) is 0.633. The molecule has 0 amide bonds. The predicted octanol–water partition coefficient (Wildman–Crippen LogP) is 2.09. The predicted molar refractivity (Wildman–Crippen MR) is 48.3 cm³/mol. The summed E-state index contributed by atoms with van der Waals surface area (Å²) in [6, 6.07) is 0. The van der Waals surface area contributed by atoms with E-state index in [9.17, 15) is 0 Å². The van der Waals surface area contributed by atoms with Gasteiger partial charge in [0.1, 0.15) is 0 Å². The van der Waals surface area contributed by atoms with Gasteiger partial charge in [-0.15, -0.1) is 11.8 Å². The Balaban J connectivity index is 2.14. The monoisotopic (exact) mass is 159 g/mol. The summed E-state index contributed by atoms with van der Waals surface area (Å²) in [6.45, 7) is 2.38. The van der Waals surface area contributed by atoms with Gasteiger partial charge in [-0.05, 0) is 25.8 Å². The van der Waals surface area contributed by atoms with Gasteiger partial charge in [-0.1, -0.05) is 13.3 Å². The van der Waals surface area contributed by atoms with Gasteiger partial charge in [0, 0.05) is 11.1 Å². The summed E-state index contributed by atoms with van der Waals surface area (Å²) >= 11 is 2.08. The van der Waals surface area contributed by atoms with Gasteiger partial charge < -0.3 is 5.32 Å². The van der Waals surface area contributed by atoms with Crippen molar-refractivity contribution in [1.29, 1.82) is 0 Å². The van der Waals surface area contributed by atoms with Crippen LogP contribution in [0.4, 0.5) is 0 Å². The van der Waals surface area contributed by atoms with Gasteiger partial charge in [0.2, 0.25) is 0 Å². The van der Waals surface area contributed by atoms with E-state index < -0.39 is 0 Å². The molecular formula is C8H17NS. The average molecular weight is 159 g/mol. The second-order valence-electron chi connectivity index (χ2n) is 3.11. The summed E-state index contributed by atoms with van der Waals surface area (Å²) in [5.74, 6) is 2.08. The zero-order valence-electron chi connectivity index (χ0n) is 6.89. The molecule has 1 fully saturated rings. The molecule has 0 saturated heterocycles. The van der Waals surface area contributed by atoms with Crippen molar-refractivity contribution in [2.75, 3.05) is 12.9 Å². The van der Waals surface area contributed by atoms with Crippen LogP contribution in [-0.2, 0) is 0 Å². The van der Waals surface area contributed by atoms with Gasteiger partial charge in [-0.2, -0.15) is 0 Å². The van der Waals surface area contributed by atoms with Crippen LogP contribution < -0.4 is 5.32 Å². The van der Waals surface area contributed by atoms with Crippen molar-refractivity contribution < 1.29 is 0 Å². The third-order valence-corrected chi connectivity index (χ3v) is 3.81. The van der Waals surface area contributed by atoms with E-state index in [1.54, 1.807) is 0 Å². The van der Waals surface area contributed by atoms with Crippen LogP contribution in [-0.4, -0.2) is 18.2 Å². The molecule has 1 N–H and O–H groups in total. The lowest BCUT2D eigenvalue weighted by Gasteiger charge is -2.13. The first-order valence-corrected chi connectivity index (χ1v) is 5.15. The molecule has 0 bridgehead atoms. The molecule has 1 rings (SSSR count). The molecule has 2 atom stereocenters. The second kappa shape index (κ2) is 4.24. The molecule has 0 radical (unpaired) electrons. The average Bonchev–Trinajstić information content (AvgIpc) is 2.31. The van der Waals surface area contributed by atoms with Crippen molar-refractivity contribution in [3.63, 3.8) is 0 Å². The van der Waals surface area contributed by atoms with Gasteiger partial charge in [0.05, 0.1) is 0 Å².